The summed E-state index contributed by atoms with van der Waals surface area (Å²) < 4.78 is 7.57. The molecule has 2 heterocycles. The predicted molar refractivity (Wildman–Crippen MR) is 116 cm³/mol. The SMILES string of the molecule is Cc1ccc(-c2ncnc3c2c(C(=O)O)cn3COCCS(C)(C)C)c(C)c1. The molecule has 7 heteroatoms. The molecule has 3 aromatic rings. The highest BCUT2D eigenvalue weighted by atomic mass is 32.3. The molecule has 28 heavy (non-hydrogen) atoms. The van der Waals surface area contributed by atoms with Crippen LogP contribution in [-0.4, -0.2) is 56.7 Å². The molecule has 0 saturated carbocycles. The number of benzene rings is 1. The highest BCUT2D eigenvalue weighted by molar-refractivity contribution is 8.32. The van der Waals surface area contributed by atoms with E-state index in [0.29, 0.717) is 23.3 Å². The summed E-state index contributed by atoms with van der Waals surface area (Å²) in [5, 5.41) is 10.3. The molecule has 0 saturated heterocycles. The van der Waals surface area contributed by atoms with E-state index in [1.165, 1.54) is 6.33 Å². The Morgan fingerprint density at radius 2 is 1.96 bits per heavy atom. The maximum absolute atomic E-state index is 11.9. The lowest BCUT2D eigenvalue weighted by molar-refractivity contribution is 0.0696. The van der Waals surface area contributed by atoms with Gasteiger partial charge in [0, 0.05) is 17.5 Å². The van der Waals surface area contributed by atoms with Crippen molar-refractivity contribution in [3.8, 4) is 11.3 Å². The Morgan fingerprint density at radius 3 is 2.61 bits per heavy atom. The summed E-state index contributed by atoms with van der Waals surface area (Å²) in [4.78, 5) is 20.7. The van der Waals surface area contributed by atoms with Crippen LogP contribution in [0.4, 0.5) is 0 Å². The van der Waals surface area contributed by atoms with Crippen molar-refractivity contribution >= 4 is 27.0 Å². The van der Waals surface area contributed by atoms with Crippen molar-refractivity contribution in [2.24, 2.45) is 0 Å². The molecule has 0 aliphatic carbocycles. The van der Waals surface area contributed by atoms with E-state index in [1.807, 2.05) is 26.0 Å². The van der Waals surface area contributed by atoms with Gasteiger partial charge in [-0.25, -0.2) is 24.8 Å². The fourth-order valence-corrected chi connectivity index (χ4v) is 3.76. The third kappa shape index (κ3) is 4.36. The summed E-state index contributed by atoms with van der Waals surface area (Å²) in [5.74, 6) is 0.00420. The molecule has 150 valence electrons. The van der Waals surface area contributed by atoms with Gasteiger partial charge in [-0.15, -0.1) is 0 Å². The predicted octanol–water partition coefficient (Wildman–Crippen LogP) is 4.08. The summed E-state index contributed by atoms with van der Waals surface area (Å²) in [7, 11) is -0.634. The van der Waals surface area contributed by atoms with Crippen molar-refractivity contribution in [1.82, 2.24) is 14.5 Å². The number of carboxylic acid groups (broad SMARTS) is 1. The number of rotatable bonds is 7. The summed E-state index contributed by atoms with van der Waals surface area (Å²) in [6.07, 6.45) is 9.81. The van der Waals surface area contributed by atoms with Gasteiger partial charge in [-0.3, -0.25) is 0 Å². The van der Waals surface area contributed by atoms with Crippen LogP contribution in [-0.2, 0) is 11.5 Å². The van der Waals surface area contributed by atoms with E-state index in [2.05, 4.69) is 34.8 Å². The Labute approximate surface area is 166 Å². The molecule has 0 bridgehead atoms. The van der Waals surface area contributed by atoms with Crippen LogP contribution in [0.5, 0.6) is 0 Å². The average Bonchev–Trinajstić information content (AvgIpc) is 2.97. The minimum Gasteiger partial charge on any atom is -0.478 e. The van der Waals surface area contributed by atoms with Crippen molar-refractivity contribution in [2.45, 2.75) is 20.6 Å². The van der Waals surface area contributed by atoms with E-state index in [0.717, 1.165) is 22.4 Å². The number of ether oxygens (including phenoxy) is 1. The third-order valence-electron chi connectivity index (χ3n) is 4.59. The summed E-state index contributed by atoms with van der Waals surface area (Å²) in [5.41, 5.74) is 4.51. The van der Waals surface area contributed by atoms with Gasteiger partial charge >= 0.3 is 5.97 Å². The van der Waals surface area contributed by atoms with E-state index in [4.69, 9.17) is 4.74 Å². The lowest BCUT2D eigenvalue weighted by Gasteiger charge is -2.24. The zero-order valence-corrected chi connectivity index (χ0v) is 17.8. The highest BCUT2D eigenvalue weighted by Crippen LogP contribution is 2.34. The number of hydrogen-bond acceptors (Lipinski definition) is 4. The minimum atomic E-state index is -0.997. The number of hydrogen-bond donors (Lipinski definition) is 1. The number of nitrogens with zero attached hydrogens (tertiary/aromatic N) is 3. The van der Waals surface area contributed by atoms with Crippen molar-refractivity contribution in [1.29, 1.82) is 0 Å². The number of aryl methyl sites for hydroxylation is 2. The zero-order valence-electron chi connectivity index (χ0n) is 17.0. The van der Waals surface area contributed by atoms with Gasteiger partial charge in [0.1, 0.15) is 18.7 Å². The maximum Gasteiger partial charge on any atom is 0.338 e. The largest absolute Gasteiger partial charge is 0.478 e. The van der Waals surface area contributed by atoms with Crippen molar-refractivity contribution < 1.29 is 14.6 Å². The van der Waals surface area contributed by atoms with Gasteiger partial charge in [0.25, 0.3) is 0 Å². The van der Waals surface area contributed by atoms with Crippen molar-refractivity contribution in [3.05, 3.63) is 47.4 Å². The second kappa shape index (κ2) is 7.93. The van der Waals surface area contributed by atoms with Crippen LogP contribution in [0.2, 0.25) is 0 Å². The first-order valence-electron chi connectivity index (χ1n) is 9.06. The lowest BCUT2D eigenvalue weighted by atomic mass is 10.00. The van der Waals surface area contributed by atoms with Crippen LogP contribution in [0.1, 0.15) is 21.5 Å². The molecule has 1 aromatic carbocycles. The molecule has 2 aromatic heterocycles. The number of carboxylic acids is 1. The molecule has 0 fully saturated rings. The number of aromatic carboxylic acids is 1. The summed E-state index contributed by atoms with van der Waals surface area (Å²) in [6.45, 7) is 4.94. The van der Waals surface area contributed by atoms with Crippen LogP contribution < -0.4 is 0 Å². The standard InChI is InChI=1S/C21H27N3O3S/c1-14-6-7-16(15(2)10-14)19-18-17(21(25)26)11-24(20(18)23-12-22-19)13-27-8-9-28(3,4)5/h6-7,10-12H,8-9,13H2,1-5H3,(H,25,26). The first-order valence-corrected chi connectivity index (χ1v) is 12.1. The molecule has 1 N–H and O–H groups in total. The van der Waals surface area contributed by atoms with Gasteiger partial charge in [0.05, 0.1) is 23.3 Å². The van der Waals surface area contributed by atoms with Gasteiger partial charge in [0.2, 0.25) is 0 Å². The highest BCUT2D eigenvalue weighted by Gasteiger charge is 2.21. The summed E-state index contributed by atoms with van der Waals surface area (Å²) in [6, 6.07) is 6.06. The average molecular weight is 402 g/mol. The molecular weight excluding hydrogens is 374 g/mol. The van der Waals surface area contributed by atoms with E-state index in [9.17, 15) is 9.90 Å². The van der Waals surface area contributed by atoms with E-state index < -0.39 is 16.0 Å². The second-order valence-corrected chi connectivity index (χ2v) is 12.5. The zero-order chi connectivity index (χ0) is 20.5. The Morgan fingerprint density at radius 1 is 1.21 bits per heavy atom. The van der Waals surface area contributed by atoms with Crippen LogP contribution in [0.3, 0.4) is 0 Å². The van der Waals surface area contributed by atoms with Gasteiger partial charge in [-0.05, 0) is 38.2 Å². The van der Waals surface area contributed by atoms with Gasteiger partial charge < -0.3 is 14.4 Å². The second-order valence-electron chi connectivity index (χ2n) is 7.89. The number of carbonyl (C=O) groups is 1. The van der Waals surface area contributed by atoms with Crippen molar-refractivity contribution in [3.63, 3.8) is 0 Å². The van der Waals surface area contributed by atoms with Gasteiger partial charge in [0.15, 0.2) is 0 Å². The molecule has 3 rings (SSSR count). The molecule has 0 atom stereocenters. The fraction of sp³-hybridized carbons (Fsp3) is 0.381. The van der Waals surface area contributed by atoms with Crippen LogP contribution in [0, 0.1) is 13.8 Å². The fourth-order valence-electron chi connectivity index (χ4n) is 3.14. The van der Waals surface area contributed by atoms with Gasteiger partial charge in [-0.2, -0.15) is 0 Å². The van der Waals surface area contributed by atoms with E-state index in [-0.39, 0.29) is 12.3 Å². The van der Waals surface area contributed by atoms with Crippen LogP contribution in [0.15, 0.2) is 30.7 Å². The molecule has 0 aliphatic rings. The minimum absolute atomic E-state index is 0.190. The van der Waals surface area contributed by atoms with Gasteiger partial charge in [-0.1, -0.05) is 23.8 Å². The molecule has 0 aliphatic heterocycles. The molecule has 0 radical (unpaired) electrons. The smallest absolute Gasteiger partial charge is 0.338 e. The topological polar surface area (TPSA) is 77.2 Å². The number of aromatic nitrogens is 3. The van der Waals surface area contributed by atoms with Crippen molar-refractivity contribution in [2.75, 3.05) is 31.1 Å². The quantitative estimate of drug-likeness (QED) is 0.604. The lowest BCUT2D eigenvalue weighted by Crippen LogP contribution is -2.09. The Balaban J connectivity index is 2.03. The molecule has 0 spiro atoms. The van der Waals surface area contributed by atoms with Crippen LogP contribution >= 0.6 is 10.0 Å². The van der Waals surface area contributed by atoms with E-state index >= 15 is 0 Å². The third-order valence-corrected chi connectivity index (χ3v) is 5.98. The maximum atomic E-state index is 11.9. The molecule has 0 unspecified atom stereocenters. The first-order chi connectivity index (χ1) is 13.2. The summed E-state index contributed by atoms with van der Waals surface area (Å²) >= 11 is 0. The first kappa shape index (κ1) is 20.4. The van der Waals surface area contributed by atoms with E-state index in [1.54, 1.807) is 10.8 Å². The Bertz CT molecular complexity index is 1020. The normalized spacial score (nSPS) is 12.5. The number of fused-ring (bicyclic) bond motifs is 1. The monoisotopic (exact) mass is 401 g/mol. The molecule has 6 nitrogen and oxygen atoms in total. The molecular formula is C21H27N3O3S. The van der Waals surface area contributed by atoms with Crippen LogP contribution in [0.25, 0.3) is 22.3 Å². The Kier molecular flexibility index (Phi) is 5.76. The Hall–Kier alpha value is -2.38. The molecule has 0 amide bonds.